The standard InChI is InChI=1S/C17H28N4O3/c1-14(2)12-17(23)21(10-9-20-7-4-3-5-8-20)13-16(22)18-15-6-11-24-19-15/h6,11,14H,3-5,7-10,12-13H2,1-2H3,(H,18,19,22)/p+1. The fraction of sp³-hybridized carbons (Fsp3) is 0.706. The van der Waals surface area contributed by atoms with Gasteiger partial charge in [-0.05, 0) is 25.2 Å². The number of anilines is 1. The van der Waals surface area contributed by atoms with Crippen LogP contribution < -0.4 is 10.2 Å². The van der Waals surface area contributed by atoms with Crippen LogP contribution in [0.15, 0.2) is 16.9 Å². The van der Waals surface area contributed by atoms with Gasteiger partial charge in [0.05, 0.1) is 26.2 Å². The average Bonchev–Trinajstić information content (AvgIpc) is 3.04. The first kappa shape index (κ1) is 18.4. The summed E-state index contributed by atoms with van der Waals surface area (Å²) in [7, 11) is 0. The zero-order chi connectivity index (χ0) is 17.4. The van der Waals surface area contributed by atoms with Crippen LogP contribution in [0.25, 0.3) is 0 Å². The second kappa shape index (κ2) is 9.42. The monoisotopic (exact) mass is 337 g/mol. The number of carbonyl (C=O) groups is 2. The van der Waals surface area contributed by atoms with Crippen LogP contribution in [-0.4, -0.2) is 54.6 Å². The minimum atomic E-state index is -0.241. The van der Waals surface area contributed by atoms with Crippen molar-refractivity contribution in [1.29, 1.82) is 0 Å². The Morgan fingerprint density at radius 2 is 2.08 bits per heavy atom. The van der Waals surface area contributed by atoms with Crippen LogP contribution in [0.2, 0.25) is 0 Å². The van der Waals surface area contributed by atoms with Gasteiger partial charge in [0, 0.05) is 12.5 Å². The fourth-order valence-electron chi connectivity index (χ4n) is 3.00. The van der Waals surface area contributed by atoms with E-state index >= 15 is 0 Å². The van der Waals surface area contributed by atoms with Crippen molar-refractivity contribution in [1.82, 2.24) is 10.1 Å². The predicted molar refractivity (Wildman–Crippen MR) is 90.6 cm³/mol. The summed E-state index contributed by atoms with van der Waals surface area (Å²) >= 11 is 0. The third kappa shape index (κ3) is 6.31. The van der Waals surface area contributed by atoms with Crippen molar-refractivity contribution in [2.24, 2.45) is 5.92 Å². The number of likely N-dealkylation sites (tertiary alicyclic amines) is 1. The molecule has 2 rings (SSSR count). The van der Waals surface area contributed by atoms with Crippen molar-refractivity contribution in [2.45, 2.75) is 39.5 Å². The van der Waals surface area contributed by atoms with E-state index in [-0.39, 0.29) is 24.3 Å². The summed E-state index contributed by atoms with van der Waals surface area (Å²) in [5, 5.41) is 6.32. The number of rotatable bonds is 8. The molecule has 0 saturated carbocycles. The molecule has 7 heteroatoms. The third-order valence-corrected chi connectivity index (χ3v) is 4.27. The molecule has 1 aromatic rings. The minimum absolute atomic E-state index is 0.0386. The van der Waals surface area contributed by atoms with E-state index < -0.39 is 0 Å². The maximum absolute atomic E-state index is 12.5. The molecule has 134 valence electrons. The van der Waals surface area contributed by atoms with Gasteiger partial charge in [-0.15, -0.1) is 0 Å². The lowest BCUT2D eigenvalue weighted by molar-refractivity contribution is -0.904. The molecule has 0 atom stereocenters. The molecule has 1 fully saturated rings. The smallest absolute Gasteiger partial charge is 0.245 e. The molecule has 0 spiro atoms. The van der Waals surface area contributed by atoms with Gasteiger partial charge in [0.25, 0.3) is 0 Å². The lowest BCUT2D eigenvalue weighted by Gasteiger charge is -2.28. The van der Waals surface area contributed by atoms with Crippen LogP contribution >= 0.6 is 0 Å². The number of aromatic nitrogens is 1. The summed E-state index contributed by atoms with van der Waals surface area (Å²) in [4.78, 5) is 27.8. The van der Waals surface area contributed by atoms with Gasteiger partial charge in [-0.3, -0.25) is 9.59 Å². The van der Waals surface area contributed by atoms with Gasteiger partial charge in [0.15, 0.2) is 5.82 Å². The number of piperidine rings is 1. The van der Waals surface area contributed by atoms with Crippen LogP contribution in [0.1, 0.15) is 39.5 Å². The van der Waals surface area contributed by atoms with Crippen LogP contribution in [0.4, 0.5) is 5.82 Å². The lowest BCUT2D eigenvalue weighted by atomic mass is 10.1. The summed E-state index contributed by atoms with van der Waals surface area (Å²) in [6, 6.07) is 1.58. The van der Waals surface area contributed by atoms with Crippen molar-refractivity contribution < 1.29 is 19.0 Å². The highest BCUT2D eigenvalue weighted by molar-refractivity contribution is 5.93. The van der Waals surface area contributed by atoms with Crippen molar-refractivity contribution in [3.63, 3.8) is 0 Å². The van der Waals surface area contributed by atoms with E-state index in [9.17, 15) is 9.59 Å². The van der Waals surface area contributed by atoms with E-state index in [2.05, 4.69) is 10.5 Å². The van der Waals surface area contributed by atoms with Crippen molar-refractivity contribution in [3.05, 3.63) is 12.3 Å². The zero-order valence-corrected chi connectivity index (χ0v) is 14.7. The highest BCUT2D eigenvalue weighted by Crippen LogP contribution is 2.06. The largest absolute Gasteiger partial charge is 0.363 e. The molecule has 2 N–H and O–H groups in total. The molecule has 0 aliphatic carbocycles. The Morgan fingerprint density at radius 1 is 1.33 bits per heavy atom. The van der Waals surface area contributed by atoms with Crippen LogP contribution in [0.5, 0.6) is 0 Å². The molecule has 2 amide bonds. The third-order valence-electron chi connectivity index (χ3n) is 4.27. The highest BCUT2D eigenvalue weighted by atomic mass is 16.5. The highest BCUT2D eigenvalue weighted by Gasteiger charge is 2.21. The van der Waals surface area contributed by atoms with Gasteiger partial charge in [0.1, 0.15) is 12.8 Å². The van der Waals surface area contributed by atoms with E-state index in [1.165, 1.54) is 30.4 Å². The maximum atomic E-state index is 12.5. The maximum Gasteiger partial charge on any atom is 0.245 e. The van der Waals surface area contributed by atoms with Gasteiger partial charge in [-0.1, -0.05) is 19.0 Å². The van der Waals surface area contributed by atoms with Gasteiger partial charge in [0.2, 0.25) is 11.8 Å². The Hall–Kier alpha value is -1.89. The number of amides is 2. The molecular weight excluding hydrogens is 308 g/mol. The molecule has 0 aromatic carbocycles. The van der Waals surface area contributed by atoms with Crippen molar-refractivity contribution >= 4 is 17.6 Å². The molecule has 0 bridgehead atoms. The Morgan fingerprint density at radius 3 is 2.71 bits per heavy atom. The number of hydrogen-bond acceptors (Lipinski definition) is 4. The second-order valence-electron chi connectivity index (χ2n) is 6.91. The normalized spacial score (nSPS) is 15.5. The van der Waals surface area contributed by atoms with Crippen molar-refractivity contribution in [2.75, 3.05) is 38.0 Å². The lowest BCUT2D eigenvalue weighted by Crippen LogP contribution is -3.13. The fourth-order valence-corrected chi connectivity index (χ4v) is 3.00. The topological polar surface area (TPSA) is 79.9 Å². The molecule has 1 aliphatic heterocycles. The Bertz CT molecular complexity index is 510. The average molecular weight is 337 g/mol. The Balaban J connectivity index is 1.88. The quantitative estimate of drug-likeness (QED) is 0.726. The first-order chi connectivity index (χ1) is 11.5. The first-order valence-corrected chi connectivity index (χ1v) is 8.86. The first-order valence-electron chi connectivity index (χ1n) is 8.86. The summed E-state index contributed by atoms with van der Waals surface area (Å²) in [5.41, 5.74) is 0. The van der Waals surface area contributed by atoms with Gasteiger partial charge < -0.3 is 19.6 Å². The van der Waals surface area contributed by atoms with Crippen molar-refractivity contribution in [3.8, 4) is 0 Å². The number of nitrogens with zero attached hydrogens (tertiary/aromatic N) is 2. The molecule has 2 heterocycles. The van der Waals surface area contributed by atoms with E-state index in [0.717, 1.165) is 19.6 Å². The van der Waals surface area contributed by atoms with E-state index in [1.54, 1.807) is 11.0 Å². The van der Waals surface area contributed by atoms with E-state index in [0.29, 0.717) is 18.8 Å². The van der Waals surface area contributed by atoms with E-state index in [4.69, 9.17) is 4.52 Å². The van der Waals surface area contributed by atoms with Crippen LogP contribution in [0, 0.1) is 5.92 Å². The van der Waals surface area contributed by atoms with Gasteiger partial charge in [-0.25, -0.2) is 0 Å². The number of nitrogens with one attached hydrogen (secondary N) is 2. The molecule has 1 aliphatic rings. The molecule has 0 unspecified atom stereocenters. The molecular formula is C17H29N4O3+. The molecule has 1 saturated heterocycles. The number of carbonyl (C=O) groups excluding carboxylic acids is 2. The number of quaternary nitrogens is 1. The summed E-state index contributed by atoms with van der Waals surface area (Å²) in [5.74, 6) is 0.449. The van der Waals surface area contributed by atoms with Gasteiger partial charge >= 0.3 is 0 Å². The molecule has 0 radical (unpaired) electrons. The zero-order valence-electron chi connectivity index (χ0n) is 14.7. The molecule has 1 aromatic heterocycles. The minimum Gasteiger partial charge on any atom is -0.363 e. The number of hydrogen-bond donors (Lipinski definition) is 2. The second-order valence-corrected chi connectivity index (χ2v) is 6.91. The SMILES string of the molecule is CC(C)CC(=O)N(CC[NH+]1CCCCC1)CC(=O)Nc1ccon1. The summed E-state index contributed by atoms with van der Waals surface area (Å²) in [6.45, 7) is 7.94. The van der Waals surface area contributed by atoms with Gasteiger partial charge in [-0.2, -0.15) is 0 Å². The summed E-state index contributed by atoms with van der Waals surface area (Å²) < 4.78 is 4.70. The van der Waals surface area contributed by atoms with Crippen LogP contribution in [0.3, 0.4) is 0 Å². The van der Waals surface area contributed by atoms with Crippen LogP contribution in [-0.2, 0) is 9.59 Å². The van der Waals surface area contributed by atoms with E-state index in [1.807, 2.05) is 13.8 Å². The predicted octanol–water partition coefficient (Wildman–Crippen LogP) is 0.557. The Labute approximate surface area is 143 Å². The Kier molecular flexibility index (Phi) is 7.24. The molecule has 7 nitrogen and oxygen atoms in total. The summed E-state index contributed by atoms with van der Waals surface area (Å²) in [6.07, 6.45) is 5.67. The molecule has 24 heavy (non-hydrogen) atoms.